The van der Waals surface area contributed by atoms with Crippen LogP contribution < -0.4 is 5.32 Å². The molecule has 6 heteroatoms. The van der Waals surface area contributed by atoms with Gasteiger partial charge in [0.1, 0.15) is 0 Å². The summed E-state index contributed by atoms with van der Waals surface area (Å²) in [6.45, 7) is 4.21. The Balaban J connectivity index is 3.74. The zero-order valence-corrected chi connectivity index (χ0v) is 11.3. The van der Waals surface area contributed by atoms with E-state index in [4.69, 9.17) is 0 Å². The summed E-state index contributed by atoms with van der Waals surface area (Å²) in [5.41, 5.74) is 0. The molecule has 0 fully saturated rings. The molecule has 0 saturated carbocycles. The fraction of sp³-hybridized carbons (Fsp3) is 1.00. The van der Waals surface area contributed by atoms with Crippen molar-refractivity contribution in [2.24, 2.45) is 0 Å². The van der Waals surface area contributed by atoms with Gasteiger partial charge < -0.3 is 5.32 Å². The highest BCUT2D eigenvalue weighted by atomic mass is 32.2. The smallest absolute Gasteiger partial charge is 0.151 e. The van der Waals surface area contributed by atoms with Gasteiger partial charge in [0.25, 0.3) is 0 Å². The van der Waals surface area contributed by atoms with Gasteiger partial charge in [0, 0.05) is 41.1 Å². The van der Waals surface area contributed by atoms with E-state index in [-0.39, 0.29) is 17.5 Å². The van der Waals surface area contributed by atoms with Crippen molar-refractivity contribution in [3.63, 3.8) is 0 Å². The molecule has 0 aromatic rings. The molecule has 0 spiro atoms. The molecule has 92 valence electrons. The Morgan fingerprint density at radius 3 is 2.40 bits per heavy atom. The van der Waals surface area contributed by atoms with Crippen LogP contribution in [0.1, 0.15) is 20.3 Å². The third-order valence-electron chi connectivity index (χ3n) is 1.91. The molecule has 0 bridgehead atoms. The first-order valence-electron chi connectivity index (χ1n) is 5.11. The lowest BCUT2D eigenvalue weighted by Crippen LogP contribution is -2.35. The summed E-state index contributed by atoms with van der Waals surface area (Å²) >= 11 is 0. The van der Waals surface area contributed by atoms with Crippen molar-refractivity contribution in [2.75, 3.05) is 30.1 Å². The Morgan fingerprint density at radius 1 is 1.33 bits per heavy atom. The molecule has 0 aromatic carbocycles. The van der Waals surface area contributed by atoms with Crippen molar-refractivity contribution in [1.82, 2.24) is 5.32 Å². The number of rotatable bonds is 8. The number of hydrogen-bond donors (Lipinski definition) is 1. The summed E-state index contributed by atoms with van der Waals surface area (Å²) in [5, 5.41) is 3.06. The van der Waals surface area contributed by atoms with Crippen LogP contribution in [0, 0.1) is 0 Å². The molecule has 0 rings (SSSR count). The first-order valence-corrected chi connectivity index (χ1v) is 8.66. The van der Waals surface area contributed by atoms with Crippen LogP contribution in [0.5, 0.6) is 0 Å². The normalized spacial score (nSPS) is 16.2. The van der Waals surface area contributed by atoms with Gasteiger partial charge in [-0.2, -0.15) is 0 Å². The van der Waals surface area contributed by atoms with Crippen LogP contribution >= 0.6 is 0 Å². The second-order valence-corrected chi connectivity index (χ2v) is 7.53. The quantitative estimate of drug-likeness (QED) is 0.671. The van der Waals surface area contributed by atoms with Gasteiger partial charge in [-0.1, -0.05) is 6.92 Å². The first-order chi connectivity index (χ1) is 6.87. The van der Waals surface area contributed by atoms with Crippen LogP contribution in [-0.2, 0) is 20.6 Å². The third-order valence-corrected chi connectivity index (χ3v) is 4.73. The van der Waals surface area contributed by atoms with Gasteiger partial charge in [-0.15, -0.1) is 0 Å². The minimum absolute atomic E-state index is 0.104. The second kappa shape index (κ2) is 7.35. The summed E-state index contributed by atoms with van der Waals surface area (Å²) in [4.78, 5) is 0. The Labute approximate surface area is 95.2 Å². The van der Waals surface area contributed by atoms with Crippen LogP contribution in [0.15, 0.2) is 0 Å². The fourth-order valence-electron chi connectivity index (χ4n) is 1.28. The van der Waals surface area contributed by atoms with Crippen LogP contribution in [0.4, 0.5) is 0 Å². The lowest BCUT2D eigenvalue weighted by Gasteiger charge is -2.11. The molecule has 0 aliphatic rings. The van der Waals surface area contributed by atoms with Gasteiger partial charge in [0.2, 0.25) is 0 Å². The maximum Gasteiger partial charge on any atom is 0.151 e. The predicted molar refractivity (Wildman–Crippen MR) is 65.3 cm³/mol. The Morgan fingerprint density at radius 2 is 1.93 bits per heavy atom. The summed E-state index contributed by atoms with van der Waals surface area (Å²) in [6, 6.07) is 0.104. The zero-order valence-electron chi connectivity index (χ0n) is 9.65. The molecule has 0 aromatic heterocycles. The van der Waals surface area contributed by atoms with Gasteiger partial charge in [-0.3, -0.25) is 4.21 Å². The van der Waals surface area contributed by atoms with E-state index in [1.807, 2.05) is 13.8 Å². The van der Waals surface area contributed by atoms with Crippen LogP contribution in [-0.4, -0.2) is 48.7 Å². The first kappa shape index (κ1) is 15.1. The third kappa shape index (κ3) is 9.02. The Hall–Kier alpha value is 0.0600. The lowest BCUT2D eigenvalue weighted by molar-refractivity contribution is 0.577. The van der Waals surface area contributed by atoms with Gasteiger partial charge >= 0.3 is 0 Å². The van der Waals surface area contributed by atoms with Crippen LogP contribution in [0.2, 0.25) is 0 Å². The van der Waals surface area contributed by atoms with Crippen molar-refractivity contribution in [3.05, 3.63) is 0 Å². The van der Waals surface area contributed by atoms with Gasteiger partial charge in [-0.25, -0.2) is 8.42 Å². The highest BCUT2D eigenvalue weighted by Gasteiger charge is 2.10. The van der Waals surface area contributed by atoms with Crippen molar-refractivity contribution in [1.29, 1.82) is 0 Å². The molecule has 0 amide bonds. The monoisotopic (exact) mass is 255 g/mol. The highest BCUT2D eigenvalue weighted by Crippen LogP contribution is 1.93. The standard InChI is InChI=1S/C9H21NO3S2/c1-4-6-15(12,13)7-5-10-9(2)8-14(3)11/h9-10H,4-8H2,1-3H3. The molecule has 0 aliphatic heterocycles. The van der Waals surface area contributed by atoms with Crippen molar-refractivity contribution >= 4 is 20.6 Å². The zero-order chi connectivity index (χ0) is 11.9. The molecule has 0 heterocycles. The maximum absolute atomic E-state index is 11.3. The molecular formula is C9H21NO3S2. The van der Waals surface area contributed by atoms with Crippen molar-refractivity contribution < 1.29 is 12.6 Å². The minimum atomic E-state index is -2.89. The lowest BCUT2D eigenvalue weighted by atomic mass is 10.4. The Bertz CT molecular complexity index is 288. The minimum Gasteiger partial charge on any atom is -0.312 e. The van der Waals surface area contributed by atoms with E-state index >= 15 is 0 Å². The van der Waals surface area contributed by atoms with E-state index in [1.165, 1.54) is 0 Å². The van der Waals surface area contributed by atoms with E-state index in [2.05, 4.69) is 5.32 Å². The summed E-state index contributed by atoms with van der Waals surface area (Å²) in [5.74, 6) is 0.984. The van der Waals surface area contributed by atoms with Gasteiger partial charge in [0.15, 0.2) is 9.84 Å². The van der Waals surface area contributed by atoms with Gasteiger partial charge in [0.05, 0.1) is 5.75 Å². The predicted octanol–water partition coefficient (Wildman–Crippen LogP) is 0.168. The molecule has 15 heavy (non-hydrogen) atoms. The topological polar surface area (TPSA) is 63.2 Å². The van der Waals surface area contributed by atoms with E-state index in [0.717, 1.165) is 0 Å². The van der Waals surface area contributed by atoms with Crippen molar-refractivity contribution in [2.45, 2.75) is 26.3 Å². The number of hydrogen-bond acceptors (Lipinski definition) is 4. The summed E-state index contributed by atoms with van der Waals surface area (Å²) in [7, 11) is -3.73. The largest absolute Gasteiger partial charge is 0.312 e. The number of nitrogens with one attached hydrogen (secondary N) is 1. The molecular weight excluding hydrogens is 234 g/mol. The van der Waals surface area contributed by atoms with Gasteiger partial charge in [-0.05, 0) is 13.3 Å². The molecule has 0 radical (unpaired) electrons. The maximum atomic E-state index is 11.3. The second-order valence-electron chi connectivity index (χ2n) is 3.75. The molecule has 1 N–H and O–H groups in total. The molecule has 0 aliphatic carbocycles. The Kier molecular flexibility index (Phi) is 7.38. The molecule has 4 nitrogen and oxygen atoms in total. The average Bonchev–Trinajstić information content (AvgIpc) is 2.01. The van der Waals surface area contributed by atoms with Crippen LogP contribution in [0.3, 0.4) is 0 Å². The molecule has 2 unspecified atom stereocenters. The fourth-order valence-corrected chi connectivity index (χ4v) is 3.36. The van der Waals surface area contributed by atoms with Crippen molar-refractivity contribution in [3.8, 4) is 0 Å². The van der Waals surface area contributed by atoms with E-state index < -0.39 is 20.6 Å². The summed E-state index contributed by atoms with van der Waals surface area (Å²) < 4.78 is 33.5. The average molecular weight is 255 g/mol. The van der Waals surface area contributed by atoms with Crippen LogP contribution in [0.25, 0.3) is 0 Å². The van der Waals surface area contributed by atoms with E-state index in [9.17, 15) is 12.6 Å². The number of sulfone groups is 1. The van der Waals surface area contributed by atoms with E-state index in [0.29, 0.717) is 18.7 Å². The summed E-state index contributed by atoms with van der Waals surface area (Å²) in [6.07, 6.45) is 2.31. The SMILES string of the molecule is CCCS(=O)(=O)CCNC(C)CS(C)=O. The van der Waals surface area contributed by atoms with E-state index in [1.54, 1.807) is 6.26 Å². The molecule has 0 saturated heterocycles. The highest BCUT2D eigenvalue weighted by molar-refractivity contribution is 7.91. The molecule has 2 atom stereocenters.